The third-order valence-electron chi connectivity index (χ3n) is 0.956. The zero-order valence-corrected chi connectivity index (χ0v) is 9.61. The summed E-state index contributed by atoms with van der Waals surface area (Å²) in [6.07, 6.45) is -2.59. The Bertz CT molecular complexity index is 153. The van der Waals surface area contributed by atoms with E-state index in [1.165, 1.54) is 0 Å². The van der Waals surface area contributed by atoms with Gasteiger partial charge in [-0.05, 0) is 0 Å². The van der Waals surface area contributed by atoms with Crippen LogP contribution in [0.15, 0.2) is 0 Å². The van der Waals surface area contributed by atoms with Gasteiger partial charge in [0.05, 0.1) is 11.9 Å². The molecule has 11 heteroatoms. The number of epoxide rings is 1. The molecule has 1 fully saturated rings. The molecule has 1 saturated heterocycles. The maximum Gasteiger partial charge on any atom is 2.00 e. The molecule has 0 bridgehead atoms. The quantitative estimate of drug-likeness (QED) is 0.345. The fraction of sp³-hybridized carbons (Fsp3) is 0.500. The number of carboxylic acid groups (broad SMARTS) is 2. The maximum atomic E-state index is 9.75. The number of hydrogen-bond donors (Lipinski definition) is 0. The minimum Gasteiger partial charge on any atom is -0.547 e. The van der Waals surface area contributed by atoms with Gasteiger partial charge in [-0.2, -0.15) is 0 Å². The average molecular weight is 260 g/mol. The molecule has 1 aliphatic rings. The Morgan fingerprint density at radius 3 is 1.07 bits per heavy atom. The van der Waals surface area contributed by atoms with Crippen molar-refractivity contribution in [2.75, 3.05) is 0 Å². The second-order valence-electron chi connectivity index (χ2n) is 1.62. The van der Waals surface area contributed by atoms with Gasteiger partial charge in [0.2, 0.25) is 0 Å². The Labute approximate surface area is 113 Å². The Kier molecular flexibility index (Phi) is 33.8. The van der Waals surface area contributed by atoms with Gasteiger partial charge in [-0.1, -0.05) is 0 Å². The van der Waals surface area contributed by atoms with E-state index in [2.05, 4.69) is 4.74 Å². The SMILES string of the molecule is O.O.O.O.O.O=C([O-])[C@H]1O[C@H]1C(=O)[O-].[Ca+2]. The van der Waals surface area contributed by atoms with Crippen LogP contribution in [0.4, 0.5) is 0 Å². The van der Waals surface area contributed by atoms with Crippen molar-refractivity contribution >= 4 is 49.7 Å². The number of ether oxygens (including phenoxy) is 1. The number of aliphatic carboxylic acids is 2. The fourth-order valence-electron chi connectivity index (χ4n) is 0.471. The molecule has 0 spiro atoms. The molecule has 0 aromatic carbocycles. The van der Waals surface area contributed by atoms with Gasteiger partial charge in [-0.15, -0.1) is 0 Å². The Morgan fingerprint density at radius 2 is 1.00 bits per heavy atom. The van der Waals surface area contributed by atoms with Gasteiger partial charge in [0.15, 0.2) is 0 Å². The molecule has 1 heterocycles. The first kappa shape index (κ1) is 36.3. The fourth-order valence-corrected chi connectivity index (χ4v) is 0.471. The summed E-state index contributed by atoms with van der Waals surface area (Å²) in [5, 5.41) is 19.5. The summed E-state index contributed by atoms with van der Waals surface area (Å²) >= 11 is 0. The molecule has 0 amide bonds. The van der Waals surface area contributed by atoms with E-state index in [1.807, 2.05) is 0 Å². The van der Waals surface area contributed by atoms with Crippen LogP contribution in [0, 0.1) is 0 Å². The van der Waals surface area contributed by atoms with Crippen molar-refractivity contribution in [2.24, 2.45) is 0 Å². The summed E-state index contributed by atoms with van der Waals surface area (Å²) in [7, 11) is 0. The molecule has 2 atom stereocenters. The predicted molar refractivity (Wildman–Crippen MR) is 42.5 cm³/mol. The zero-order valence-electron chi connectivity index (χ0n) is 7.40. The van der Waals surface area contributed by atoms with Crippen LogP contribution < -0.4 is 10.2 Å². The topological polar surface area (TPSA) is 250 Å². The summed E-state index contributed by atoms with van der Waals surface area (Å²) in [4.78, 5) is 19.5. The minimum absolute atomic E-state index is 0. The van der Waals surface area contributed by atoms with E-state index in [-0.39, 0.29) is 65.1 Å². The van der Waals surface area contributed by atoms with E-state index in [9.17, 15) is 19.8 Å². The average Bonchev–Trinajstić information content (AvgIpc) is 2.39. The van der Waals surface area contributed by atoms with Crippen molar-refractivity contribution in [2.45, 2.75) is 12.2 Å². The zero-order chi connectivity index (χ0) is 7.02. The van der Waals surface area contributed by atoms with Crippen molar-refractivity contribution < 1.29 is 51.9 Å². The number of hydrogen-bond acceptors (Lipinski definition) is 5. The Balaban J connectivity index is -0.0000000337. The first-order valence-corrected chi connectivity index (χ1v) is 2.20. The number of carboxylic acids is 2. The maximum absolute atomic E-state index is 9.75. The Morgan fingerprint density at radius 1 is 0.800 bits per heavy atom. The van der Waals surface area contributed by atoms with Crippen LogP contribution in [0.2, 0.25) is 0 Å². The third kappa shape index (κ3) is 10.2. The monoisotopic (exact) mass is 260 g/mol. The molecule has 1 rings (SSSR count). The number of carbonyl (C=O) groups is 2. The summed E-state index contributed by atoms with van der Waals surface area (Å²) in [6.45, 7) is 0. The van der Waals surface area contributed by atoms with Gasteiger partial charge in [-0.25, -0.2) is 0 Å². The molecule has 0 aromatic heterocycles. The van der Waals surface area contributed by atoms with Crippen LogP contribution in [-0.2, 0) is 14.3 Å². The van der Waals surface area contributed by atoms with Crippen molar-refractivity contribution in [1.82, 2.24) is 0 Å². The molecule has 0 aliphatic carbocycles. The van der Waals surface area contributed by atoms with Crippen molar-refractivity contribution in [3.63, 3.8) is 0 Å². The van der Waals surface area contributed by atoms with E-state index >= 15 is 0 Å². The molecule has 90 valence electrons. The van der Waals surface area contributed by atoms with Gasteiger partial charge < -0.3 is 51.9 Å². The van der Waals surface area contributed by atoms with E-state index in [4.69, 9.17) is 0 Å². The molecule has 0 radical (unpaired) electrons. The van der Waals surface area contributed by atoms with E-state index in [0.29, 0.717) is 0 Å². The smallest absolute Gasteiger partial charge is 0.547 e. The van der Waals surface area contributed by atoms with E-state index in [1.54, 1.807) is 0 Å². The van der Waals surface area contributed by atoms with Crippen LogP contribution in [0.25, 0.3) is 0 Å². The van der Waals surface area contributed by atoms with E-state index < -0.39 is 24.1 Å². The largest absolute Gasteiger partial charge is 2.00 e. The van der Waals surface area contributed by atoms with Crippen molar-refractivity contribution in [3.05, 3.63) is 0 Å². The van der Waals surface area contributed by atoms with Gasteiger partial charge >= 0.3 is 37.7 Å². The first-order valence-electron chi connectivity index (χ1n) is 2.20. The minimum atomic E-state index is -1.51. The number of carbonyl (C=O) groups excluding carboxylic acids is 2. The van der Waals surface area contributed by atoms with E-state index in [0.717, 1.165) is 0 Å². The van der Waals surface area contributed by atoms with Crippen LogP contribution >= 0.6 is 0 Å². The standard InChI is InChI=1S/C4H4O5.Ca.5H2O/c5-3(6)1-2(9-1)4(7)8;;;;;;/h1-2H,(H,5,6)(H,7,8);;5*1H2/q;+2;;;;;/p-2/t1-,2+;;;;;;. The molecular weight excluding hydrogens is 248 g/mol. The van der Waals surface area contributed by atoms with Crippen molar-refractivity contribution in [1.29, 1.82) is 0 Å². The van der Waals surface area contributed by atoms with Gasteiger partial charge in [0, 0.05) is 0 Å². The molecule has 1 aliphatic heterocycles. The van der Waals surface area contributed by atoms with Gasteiger partial charge in [0.25, 0.3) is 0 Å². The number of rotatable bonds is 2. The third-order valence-corrected chi connectivity index (χ3v) is 0.956. The Hall–Kier alpha value is -0.0403. The van der Waals surface area contributed by atoms with Gasteiger partial charge in [0.1, 0.15) is 12.2 Å². The molecule has 0 aromatic rings. The second kappa shape index (κ2) is 14.0. The molecular formula is C4H12CaO10. The molecule has 0 unspecified atom stereocenters. The molecule has 10 nitrogen and oxygen atoms in total. The second-order valence-corrected chi connectivity index (χ2v) is 1.62. The summed E-state index contributed by atoms with van der Waals surface area (Å²) in [5.41, 5.74) is 0. The van der Waals surface area contributed by atoms with Gasteiger partial charge in [-0.3, -0.25) is 0 Å². The van der Waals surface area contributed by atoms with Crippen LogP contribution in [-0.4, -0.2) is 89.3 Å². The summed E-state index contributed by atoms with van der Waals surface area (Å²) < 4.78 is 4.12. The molecule has 15 heavy (non-hydrogen) atoms. The van der Waals surface area contributed by atoms with Crippen LogP contribution in [0.5, 0.6) is 0 Å². The normalized spacial score (nSPS) is 18.9. The predicted octanol–water partition coefficient (Wildman–Crippen LogP) is -8.25. The van der Waals surface area contributed by atoms with Crippen molar-refractivity contribution in [3.8, 4) is 0 Å². The molecule has 10 N–H and O–H groups in total. The molecule has 0 saturated carbocycles. The first-order chi connectivity index (χ1) is 4.13. The van der Waals surface area contributed by atoms with Crippen LogP contribution in [0.3, 0.4) is 0 Å². The van der Waals surface area contributed by atoms with Crippen LogP contribution in [0.1, 0.15) is 0 Å². The summed E-state index contributed by atoms with van der Waals surface area (Å²) in [6, 6.07) is 0. The summed E-state index contributed by atoms with van der Waals surface area (Å²) in [5.74, 6) is -3.02.